The minimum Gasteiger partial charge on any atom is -0.497 e. The van der Waals surface area contributed by atoms with Crippen molar-refractivity contribution in [2.24, 2.45) is 0 Å². The summed E-state index contributed by atoms with van der Waals surface area (Å²) in [6, 6.07) is 4.29. The molecule has 0 aliphatic heterocycles. The molecule has 0 heterocycles. The summed E-state index contributed by atoms with van der Waals surface area (Å²) in [7, 11) is 1.46. The number of ether oxygens (including phenoxy) is 1. The van der Waals surface area contributed by atoms with Gasteiger partial charge in [0.05, 0.1) is 12.7 Å². The Morgan fingerprint density at radius 3 is 2.36 bits per heavy atom. The molecule has 4 nitrogen and oxygen atoms in total. The van der Waals surface area contributed by atoms with Gasteiger partial charge in [-0.2, -0.15) is 0 Å². The van der Waals surface area contributed by atoms with Crippen LogP contribution in [-0.2, 0) is 0 Å². The number of carbonyl (C=O) groups excluding carboxylic acids is 1. The minimum absolute atomic E-state index is 0.00157. The Labute approximate surface area is 81.1 Å². The molecule has 0 unspecified atom stereocenters. The van der Waals surface area contributed by atoms with Gasteiger partial charge in [0.25, 0.3) is 0 Å². The molecule has 0 radical (unpaired) electrons. The van der Waals surface area contributed by atoms with E-state index in [0.29, 0.717) is 5.75 Å². The van der Waals surface area contributed by atoms with Crippen molar-refractivity contribution in [3.05, 3.63) is 29.3 Å². The topological polar surface area (TPSA) is 63.6 Å². The number of rotatable bonds is 3. The molecular formula is C10H10O4. The second kappa shape index (κ2) is 3.91. The number of methoxy groups -OCH3 is 1. The SMILES string of the molecule is COc1ccc(C(=O)O)c(C(C)=O)c1. The van der Waals surface area contributed by atoms with Crippen molar-refractivity contribution >= 4 is 11.8 Å². The van der Waals surface area contributed by atoms with Gasteiger partial charge in [-0.1, -0.05) is 0 Å². The Hall–Kier alpha value is -1.84. The van der Waals surface area contributed by atoms with E-state index in [1.54, 1.807) is 0 Å². The Bertz CT molecular complexity index is 382. The number of hydrogen-bond acceptors (Lipinski definition) is 3. The standard InChI is InChI=1S/C10H10O4/c1-6(11)9-5-7(14-2)3-4-8(9)10(12)13/h3-5H,1-2H3,(H,12,13). The van der Waals surface area contributed by atoms with Crippen molar-refractivity contribution in [1.29, 1.82) is 0 Å². The zero-order valence-electron chi connectivity index (χ0n) is 7.90. The zero-order chi connectivity index (χ0) is 10.7. The summed E-state index contributed by atoms with van der Waals surface area (Å²) in [5.74, 6) is -0.931. The average Bonchev–Trinajstić information content (AvgIpc) is 2.16. The maximum absolute atomic E-state index is 11.1. The number of hydrogen-bond donors (Lipinski definition) is 1. The van der Waals surface area contributed by atoms with E-state index in [-0.39, 0.29) is 16.9 Å². The third-order valence-electron chi connectivity index (χ3n) is 1.84. The predicted molar refractivity (Wildman–Crippen MR) is 50.0 cm³/mol. The normalized spacial score (nSPS) is 9.57. The number of carboxylic acids is 1. The summed E-state index contributed by atoms with van der Waals surface area (Å²) in [6.07, 6.45) is 0. The number of carboxylic acid groups (broad SMARTS) is 1. The fraction of sp³-hybridized carbons (Fsp3) is 0.200. The van der Waals surface area contributed by atoms with Crippen LogP contribution in [0.4, 0.5) is 0 Å². The van der Waals surface area contributed by atoms with Crippen LogP contribution < -0.4 is 4.74 Å². The van der Waals surface area contributed by atoms with Crippen molar-refractivity contribution in [2.75, 3.05) is 7.11 Å². The Kier molecular flexibility index (Phi) is 2.86. The molecular weight excluding hydrogens is 184 g/mol. The molecule has 0 aliphatic rings. The first-order valence-electron chi connectivity index (χ1n) is 3.98. The Morgan fingerprint density at radius 1 is 1.29 bits per heavy atom. The van der Waals surface area contributed by atoms with Crippen molar-refractivity contribution in [1.82, 2.24) is 0 Å². The lowest BCUT2D eigenvalue weighted by Gasteiger charge is -2.05. The smallest absolute Gasteiger partial charge is 0.336 e. The van der Waals surface area contributed by atoms with E-state index in [1.165, 1.54) is 32.2 Å². The van der Waals surface area contributed by atoms with Crippen molar-refractivity contribution in [3.63, 3.8) is 0 Å². The van der Waals surface area contributed by atoms with Gasteiger partial charge in [0, 0.05) is 5.56 Å². The molecule has 0 aromatic heterocycles. The molecule has 1 aromatic rings. The first-order valence-corrected chi connectivity index (χ1v) is 3.98. The highest BCUT2D eigenvalue weighted by Crippen LogP contribution is 2.18. The molecule has 0 saturated carbocycles. The summed E-state index contributed by atoms with van der Waals surface area (Å²) < 4.78 is 4.89. The van der Waals surface area contributed by atoms with Crippen molar-refractivity contribution < 1.29 is 19.4 Å². The van der Waals surface area contributed by atoms with Crippen LogP contribution in [0.25, 0.3) is 0 Å². The largest absolute Gasteiger partial charge is 0.497 e. The van der Waals surface area contributed by atoms with Gasteiger partial charge in [-0.3, -0.25) is 4.79 Å². The molecule has 0 bridgehead atoms. The molecule has 0 amide bonds. The molecule has 1 aromatic carbocycles. The quantitative estimate of drug-likeness (QED) is 0.742. The highest BCUT2D eigenvalue weighted by Gasteiger charge is 2.13. The first kappa shape index (κ1) is 10.2. The summed E-state index contributed by atoms with van der Waals surface area (Å²) in [4.78, 5) is 21.9. The van der Waals surface area contributed by atoms with Crippen LogP contribution in [0, 0.1) is 0 Å². The maximum atomic E-state index is 11.1. The molecule has 74 valence electrons. The summed E-state index contributed by atoms with van der Waals surface area (Å²) in [5.41, 5.74) is 0.162. The highest BCUT2D eigenvalue weighted by molar-refractivity contribution is 6.05. The summed E-state index contributed by atoms with van der Waals surface area (Å²) >= 11 is 0. The number of carbonyl (C=O) groups is 2. The van der Waals surface area contributed by atoms with Gasteiger partial charge in [-0.05, 0) is 25.1 Å². The van der Waals surface area contributed by atoms with Gasteiger partial charge in [-0.15, -0.1) is 0 Å². The van der Waals surface area contributed by atoms with Crippen LogP contribution >= 0.6 is 0 Å². The fourth-order valence-corrected chi connectivity index (χ4v) is 1.13. The van der Waals surface area contributed by atoms with Gasteiger partial charge < -0.3 is 9.84 Å². The maximum Gasteiger partial charge on any atom is 0.336 e. The van der Waals surface area contributed by atoms with E-state index in [0.717, 1.165) is 0 Å². The first-order chi connectivity index (χ1) is 6.56. The fourth-order valence-electron chi connectivity index (χ4n) is 1.13. The molecule has 14 heavy (non-hydrogen) atoms. The average molecular weight is 194 g/mol. The van der Waals surface area contributed by atoms with Gasteiger partial charge in [-0.25, -0.2) is 4.79 Å². The molecule has 0 atom stereocenters. The third kappa shape index (κ3) is 1.90. The van der Waals surface area contributed by atoms with E-state index >= 15 is 0 Å². The van der Waals surface area contributed by atoms with Gasteiger partial charge in [0.1, 0.15) is 5.75 Å². The lowest BCUT2D eigenvalue weighted by Crippen LogP contribution is -2.06. The highest BCUT2D eigenvalue weighted by atomic mass is 16.5. The predicted octanol–water partition coefficient (Wildman–Crippen LogP) is 1.60. The molecule has 1 N–H and O–H groups in total. The minimum atomic E-state index is -1.11. The zero-order valence-corrected chi connectivity index (χ0v) is 7.90. The van der Waals surface area contributed by atoms with Gasteiger partial charge in [0.2, 0.25) is 0 Å². The third-order valence-corrected chi connectivity index (χ3v) is 1.84. The molecule has 0 spiro atoms. The van der Waals surface area contributed by atoms with Crippen LogP contribution in [0.5, 0.6) is 5.75 Å². The van der Waals surface area contributed by atoms with Gasteiger partial charge >= 0.3 is 5.97 Å². The summed E-state index contributed by atoms with van der Waals surface area (Å²) in [6.45, 7) is 1.32. The second-order valence-corrected chi connectivity index (χ2v) is 2.77. The van der Waals surface area contributed by atoms with E-state index in [2.05, 4.69) is 0 Å². The molecule has 4 heteroatoms. The van der Waals surface area contributed by atoms with Crippen molar-refractivity contribution in [3.8, 4) is 5.75 Å². The van der Waals surface area contributed by atoms with Crippen molar-refractivity contribution in [2.45, 2.75) is 6.92 Å². The van der Waals surface area contributed by atoms with E-state index in [1.807, 2.05) is 0 Å². The Morgan fingerprint density at radius 2 is 1.93 bits per heavy atom. The number of aromatic carboxylic acids is 1. The van der Waals surface area contributed by atoms with E-state index < -0.39 is 5.97 Å². The summed E-state index contributed by atoms with van der Waals surface area (Å²) in [5, 5.41) is 8.79. The van der Waals surface area contributed by atoms with Gasteiger partial charge in [0.15, 0.2) is 5.78 Å². The Balaban J connectivity index is 3.31. The van der Waals surface area contributed by atoms with E-state index in [4.69, 9.17) is 9.84 Å². The van der Waals surface area contributed by atoms with Crippen LogP contribution in [0.15, 0.2) is 18.2 Å². The van der Waals surface area contributed by atoms with Crippen LogP contribution in [0.3, 0.4) is 0 Å². The monoisotopic (exact) mass is 194 g/mol. The lowest BCUT2D eigenvalue weighted by atomic mass is 10.0. The number of ketones is 1. The number of Topliss-reactive ketones (excluding diaryl/α,β-unsaturated/α-hetero) is 1. The number of benzene rings is 1. The van der Waals surface area contributed by atoms with Crippen LogP contribution in [-0.4, -0.2) is 24.0 Å². The molecule has 0 saturated heterocycles. The van der Waals surface area contributed by atoms with Crippen LogP contribution in [0.1, 0.15) is 27.6 Å². The molecule has 0 fully saturated rings. The second-order valence-electron chi connectivity index (χ2n) is 2.77. The van der Waals surface area contributed by atoms with Crippen LogP contribution in [0.2, 0.25) is 0 Å². The van der Waals surface area contributed by atoms with E-state index in [9.17, 15) is 9.59 Å². The molecule has 0 aliphatic carbocycles. The lowest BCUT2D eigenvalue weighted by molar-refractivity contribution is 0.0692. The molecule has 1 rings (SSSR count).